The number of pyridine rings is 1. The van der Waals surface area contributed by atoms with Gasteiger partial charge in [-0.05, 0) is 31.4 Å². The van der Waals surface area contributed by atoms with Gasteiger partial charge in [-0.1, -0.05) is 11.6 Å². The van der Waals surface area contributed by atoms with Gasteiger partial charge in [0.2, 0.25) is 5.91 Å². The van der Waals surface area contributed by atoms with Crippen molar-refractivity contribution >= 4 is 23.2 Å². The molecule has 0 N–H and O–H groups in total. The molecule has 0 bridgehead atoms. The number of carbonyl (C=O) groups excluding carboxylic acids is 1. The standard InChI is InChI=1S/C21H24ClN5O2/c1-12-17-8-27(9-18(17)25-13(2)19(12)22)21(28)14-3-4-26(7-14)16-5-23-20(24-6-16)15-10-29-11-15/h5-6,14-15H,3-4,7-11H2,1-2H3/t14-/m1/s1. The average Bonchev–Trinajstić information content (AvgIpc) is 3.32. The number of nitrogens with zero attached hydrogens (tertiary/aromatic N) is 5. The summed E-state index contributed by atoms with van der Waals surface area (Å²) in [5.41, 5.74) is 4.95. The maximum atomic E-state index is 13.2. The van der Waals surface area contributed by atoms with Crippen molar-refractivity contribution in [1.29, 1.82) is 0 Å². The lowest BCUT2D eigenvalue weighted by atomic mass is 10.1. The minimum absolute atomic E-state index is 0.0131. The van der Waals surface area contributed by atoms with Gasteiger partial charge in [-0.15, -0.1) is 0 Å². The number of halogens is 1. The highest BCUT2D eigenvalue weighted by atomic mass is 35.5. The SMILES string of the molecule is Cc1nc2c(c(C)c1Cl)CN(C(=O)[C@@H]1CCN(c3cnc(C4COC4)nc3)C1)C2. The summed E-state index contributed by atoms with van der Waals surface area (Å²) in [6.07, 6.45) is 4.59. The molecule has 29 heavy (non-hydrogen) atoms. The molecule has 5 rings (SSSR count). The largest absolute Gasteiger partial charge is 0.380 e. The van der Waals surface area contributed by atoms with Crippen LogP contribution in [0.5, 0.6) is 0 Å². The highest BCUT2D eigenvalue weighted by Gasteiger charge is 2.35. The predicted molar refractivity (Wildman–Crippen MR) is 109 cm³/mol. The Morgan fingerprint density at radius 1 is 1.21 bits per heavy atom. The van der Waals surface area contributed by atoms with Gasteiger partial charge in [0, 0.05) is 19.6 Å². The van der Waals surface area contributed by atoms with Gasteiger partial charge in [0.15, 0.2) is 0 Å². The Morgan fingerprint density at radius 3 is 2.66 bits per heavy atom. The van der Waals surface area contributed by atoms with Crippen molar-refractivity contribution in [1.82, 2.24) is 19.9 Å². The summed E-state index contributed by atoms with van der Waals surface area (Å²) in [4.78, 5) is 30.9. The Bertz CT molecular complexity index is 961. The van der Waals surface area contributed by atoms with Crippen LogP contribution in [0.25, 0.3) is 0 Å². The number of anilines is 1. The minimum atomic E-state index is -0.0131. The number of rotatable bonds is 3. The molecule has 2 aromatic rings. The minimum Gasteiger partial charge on any atom is -0.380 e. The van der Waals surface area contributed by atoms with E-state index in [0.29, 0.717) is 43.8 Å². The summed E-state index contributed by atoms with van der Waals surface area (Å²) in [5.74, 6) is 1.35. The monoisotopic (exact) mass is 413 g/mol. The van der Waals surface area contributed by atoms with E-state index in [2.05, 4.69) is 19.9 Å². The molecule has 8 heteroatoms. The fraction of sp³-hybridized carbons (Fsp3) is 0.524. The summed E-state index contributed by atoms with van der Waals surface area (Å²) in [6.45, 7) is 8.06. The molecule has 2 fully saturated rings. The second kappa shape index (κ2) is 7.22. The lowest BCUT2D eigenvalue weighted by Gasteiger charge is -2.25. The average molecular weight is 414 g/mol. The van der Waals surface area contributed by atoms with E-state index in [1.165, 1.54) is 0 Å². The van der Waals surface area contributed by atoms with Crippen LogP contribution in [-0.2, 0) is 22.6 Å². The van der Waals surface area contributed by atoms with Gasteiger partial charge in [0.1, 0.15) is 5.82 Å². The normalized spacial score (nSPS) is 21.4. The van der Waals surface area contributed by atoms with Crippen molar-refractivity contribution in [3.8, 4) is 0 Å². The number of aryl methyl sites for hydroxylation is 1. The third kappa shape index (κ3) is 3.26. The molecule has 0 unspecified atom stereocenters. The molecule has 0 radical (unpaired) electrons. The van der Waals surface area contributed by atoms with Crippen LogP contribution in [0.4, 0.5) is 5.69 Å². The van der Waals surface area contributed by atoms with E-state index in [9.17, 15) is 4.79 Å². The lowest BCUT2D eigenvalue weighted by Crippen LogP contribution is -2.34. The number of hydrogen-bond donors (Lipinski definition) is 0. The number of aromatic nitrogens is 3. The van der Waals surface area contributed by atoms with E-state index in [0.717, 1.165) is 47.0 Å². The van der Waals surface area contributed by atoms with Crippen LogP contribution in [0, 0.1) is 19.8 Å². The Balaban J connectivity index is 1.24. The first-order valence-corrected chi connectivity index (χ1v) is 10.5. The van der Waals surface area contributed by atoms with Crippen LogP contribution in [0.1, 0.15) is 40.7 Å². The molecule has 7 nitrogen and oxygen atoms in total. The number of amides is 1. The van der Waals surface area contributed by atoms with E-state index in [1.807, 2.05) is 31.1 Å². The molecule has 1 amide bonds. The second-order valence-corrected chi connectivity index (χ2v) is 8.60. The Morgan fingerprint density at radius 2 is 1.97 bits per heavy atom. The lowest BCUT2D eigenvalue weighted by molar-refractivity contribution is -0.135. The fourth-order valence-electron chi connectivity index (χ4n) is 4.41. The van der Waals surface area contributed by atoms with Gasteiger partial charge in [0.25, 0.3) is 0 Å². The van der Waals surface area contributed by atoms with Gasteiger partial charge in [0.05, 0.1) is 66.1 Å². The summed E-state index contributed by atoms with van der Waals surface area (Å²) in [7, 11) is 0. The van der Waals surface area contributed by atoms with Crippen LogP contribution in [0.3, 0.4) is 0 Å². The summed E-state index contributed by atoms with van der Waals surface area (Å²) >= 11 is 6.35. The number of carbonyl (C=O) groups is 1. The second-order valence-electron chi connectivity index (χ2n) is 8.22. The summed E-state index contributed by atoms with van der Waals surface area (Å²) in [6, 6.07) is 0. The maximum absolute atomic E-state index is 13.2. The van der Waals surface area contributed by atoms with Gasteiger partial charge < -0.3 is 14.5 Å². The summed E-state index contributed by atoms with van der Waals surface area (Å²) in [5, 5.41) is 0.710. The molecule has 2 aromatic heterocycles. The molecule has 0 aliphatic carbocycles. The van der Waals surface area contributed by atoms with Crippen molar-refractivity contribution in [2.45, 2.75) is 39.3 Å². The van der Waals surface area contributed by atoms with Crippen LogP contribution in [0.2, 0.25) is 5.02 Å². The molecular weight excluding hydrogens is 390 g/mol. The third-order valence-corrected chi connectivity index (χ3v) is 6.87. The molecule has 0 saturated carbocycles. The van der Waals surface area contributed by atoms with Gasteiger partial charge in [-0.25, -0.2) is 9.97 Å². The van der Waals surface area contributed by atoms with E-state index < -0.39 is 0 Å². The Kier molecular flexibility index (Phi) is 4.67. The number of ether oxygens (including phenoxy) is 1. The zero-order valence-corrected chi connectivity index (χ0v) is 17.4. The molecule has 0 aromatic carbocycles. The number of hydrogen-bond acceptors (Lipinski definition) is 6. The first kappa shape index (κ1) is 18.8. The first-order chi connectivity index (χ1) is 14.0. The van der Waals surface area contributed by atoms with Crippen LogP contribution >= 0.6 is 11.6 Å². The Hall–Kier alpha value is -2.25. The first-order valence-electron chi connectivity index (χ1n) is 10.1. The molecule has 3 aliphatic heterocycles. The molecule has 5 heterocycles. The van der Waals surface area contributed by atoms with Gasteiger partial charge >= 0.3 is 0 Å². The molecule has 3 aliphatic rings. The van der Waals surface area contributed by atoms with Crippen LogP contribution < -0.4 is 4.90 Å². The number of fused-ring (bicyclic) bond motifs is 1. The maximum Gasteiger partial charge on any atom is 0.228 e. The van der Waals surface area contributed by atoms with E-state index >= 15 is 0 Å². The zero-order chi connectivity index (χ0) is 20.1. The van der Waals surface area contributed by atoms with Crippen molar-refractivity contribution < 1.29 is 9.53 Å². The van der Waals surface area contributed by atoms with Crippen molar-refractivity contribution in [3.63, 3.8) is 0 Å². The molecule has 2 saturated heterocycles. The summed E-state index contributed by atoms with van der Waals surface area (Å²) < 4.78 is 5.21. The third-order valence-electron chi connectivity index (χ3n) is 6.32. The van der Waals surface area contributed by atoms with Crippen molar-refractivity contribution in [2.24, 2.45) is 5.92 Å². The van der Waals surface area contributed by atoms with E-state index in [1.54, 1.807) is 0 Å². The molecular formula is C21H24ClN5O2. The smallest absolute Gasteiger partial charge is 0.228 e. The van der Waals surface area contributed by atoms with Crippen LogP contribution in [-0.4, -0.2) is 52.1 Å². The fourth-order valence-corrected chi connectivity index (χ4v) is 4.56. The zero-order valence-electron chi connectivity index (χ0n) is 16.7. The van der Waals surface area contributed by atoms with E-state index in [4.69, 9.17) is 16.3 Å². The van der Waals surface area contributed by atoms with Gasteiger partial charge in [-0.3, -0.25) is 9.78 Å². The molecule has 0 spiro atoms. The molecule has 1 atom stereocenters. The van der Waals surface area contributed by atoms with Crippen molar-refractivity contribution in [2.75, 3.05) is 31.2 Å². The quantitative estimate of drug-likeness (QED) is 0.770. The predicted octanol–water partition coefficient (Wildman–Crippen LogP) is 2.62. The Labute approximate surface area is 175 Å². The molecule has 152 valence electrons. The highest BCUT2D eigenvalue weighted by Crippen LogP contribution is 2.33. The van der Waals surface area contributed by atoms with Crippen molar-refractivity contribution in [3.05, 3.63) is 45.8 Å². The topological polar surface area (TPSA) is 71.5 Å². The van der Waals surface area contributed by atoms with Gasteiger partial charge in [-0.2, -0.15) is 0 Å². The van der Waals surface area contributed by atoms with E-state index in [-0.39, 0.29) is 11.8 Å². The van der Waals surface area contributed by atoms with Crippen LogP contribution in [0.15, 0.2) is 12.4 Å². The highest BCUT2D eigenvalue weighted by molar-refractivity contribution is 6.32.